The van der Waals surface area contributed by atoms with Crippen LogP contribution in [0, 0.1) is 25.5 Å². The van der Waals surface area contributed by atoms with E-state index in [4.69, 9.17) is 37.7 Å². The first kappa shape index (κ1) is 48.8. The first-order valence-corrected chi connectivity index (χ1v) is 18.4. The fraction of sp³-hybridized carbons (Fsp3) is 0.381. The normalized spacial score (nSPS) is 10.9. The Bertz CT molecular complexity index is 1780. The fourth-order valence-electron chi connectivity index (χ4n) is 5.22. The molecule has 0 aliphatic heterocycles. The van der Waals surface area contributed by atoms with E-state index in [0.29, 0.717) is 29.1 Å². The summed E-state index contributed by atoms with van der Waals surface area (Å²) in [7, 11) is 3.43. The van der Waals surface area contributed by atoms with Gasteiger partial charge in [0.15, 0.2) is 0 Å². The molecule has 4 rings (SSSR count). The molecule has 2 atom stereocenters. The number of aldehydes is 1. The molecule has 0 saturated carbocycles. The van der Waals surface area contributed by atoms with Gasteiger partial charge < -0.3 is 15.8 Å². The van der Waals surface area contributed by atoms with Crippen molar-refractivity contribution in [3.05, 3.63) is 110 Å². The Morgan fingerprint density at radius 3 is 2.13 bits per heavy atom. The number of methoxy groups -OCH3 is 1. The van der Waals surface area contributed by atoms with Crippen molar-refractivity contribution in [2.75, 3.05) is 20.7 Å². The van der Waals surface area contributed by atoms with Crippen LogP contribution in [0.1, 0.15) is 112 Å². The second kappa shape index (κ2) is 25.7. The molecule has 53 heavy (non-hydrogen) atoms. The standard InChI is InChI=1S/C25H26Cl2F2N2.C12H15NO2.2C2H6.CH3NO/c1-5-14(2)19-12-22(20(13-30-4)16-7-6-8-17(28)11-16)31-25(15(19)3)18-9-10-21(29)24(27)23(18)26;1-8(2)13-12-9(3)5-10(7-14)6-11(12)15-4;2*1-2;2-1-3/h6-12,14,20,30H,5,13H2,1-4H3;5-7H,1-4H3;2*1-2H3;1H,(H2,2,3). The van der Waals surface area contributed by atoms with Crippen LogP contribution in [0.3, 0.4) is 0 Å². The number of likely N-dealkylation sites (N-methyl/N-ethyl adjacent to an activating group) is 1. The number of ether oxygens (including phenoxy) is 1. The van der Waals surface area contributed by atoms with Crippen molar-refractivity contribution in [2.45, 2.75) is 87.5 Å². The molecule has 290 valence electrons. The van der Waals surface area contributed by atoms with Gasteiger partial charge >= 0.3 is 0 Å². The van der Waals surface area contributed by atoms with Crippen molar-refractivity contribution in [3.8, 4) is 17.0 Å². The summed E-state index contributed by atoms with van der Waals surface area (Å²) in [6, 6.07) is 15.1. The number of hydrogen-bond donors (Lipinski definition) is 2. The molecule has 2 unspecified atom stereocenters. The second-order valence-electron chi connectivity index (χ2n) is 11.5. The average molecular weight is 774 g/mol. The predicted octanol–water partition coefficient (Wildman–Crippen LogP) is 11.6. The molecule has 7 nitrogen and oxygen atoms in total. The maximum absolute atomic E-state index is 14.0. The van der Waals surface area contributed by atoms with Crippen molar-refractivity contribution < 1.29 is 23.1 Å². The molecular formula is C42H56Cl2F2N4O3. The van der Waals surface area contributed by atoms with E-state index < -0.39 is 5.82 Å². The Hall–Kier alpha value is -4.18. The van der Waals surface area contributed by atoms with Gasteiger partial charge in [-0.2, -0.15) is 0 Å². The third kappa shape index (κ3) is 14.3. The lowest BCUT2D eigenvalue weighted by Crippen LogP contribution is -2.20. The van der Waals surface area contributed by atoms with Crippen LogP contribution in [0.2, 0.25) is 10.0 Å². The molecule has 0 radical (unpaired) electrons. The number of carbonyl (C=O) groups excluding carboxylic acids is 2. The lowest BCUT2D eigenvalue weighted by molar-refractivity contribution is -0.106. The van der Waals surface area contributed by atoms with E-state index in [9.17, 15) is 13.6 Å². The number of aryl methyl sites for hydroxylation is 1. The van der Waals surface area contributed by atoms with E-state index in [0.717, 1.165) is 52.1 Å². The minimum absolute atomic E-state index is 0.118. The quantitative estimate of drug-likeness (QED) is 0.0948. The van der Waals surface area contributed by atoms with Gasteiger partial charge in [-0.3, -0.25) is 19.6 Å². The number of benzene rings is 3. The van der Waals surface area contributed by atoms with Gasteiger partial charge in [0, 0.05) is 29.3 Å². The zero-order valence-electron chi connectivity index (χ0n) is 33.1. The molecule has 0 spiro atoms. The molecule has 11 heteroatoms. The number of halogens is 4. The van der Waals surface area contributed by atoms with Gasteiger partial charge in [0.1, 0.15) is 29.4 Å². The summed E-state index contributed by atoms with van der Waals surface area (Å²) in [4.78, 5) is 28.6. The zero-order valence-corrected chi connectivity index (χ0v) is 34.6. The first-order valence-electron chi connectivity index (χ1n) is 17.6. The Labute approximate surface area is 325 Å². The van der Waals surface area contributed by atoms with Gasteiger partial charge in [0.25, 0.3) is 0 Å². The average Bonchev–Trinajstić information content (AvgIpc) is 3.15. The van der Waals surface area contributed by atoms with Crippen LogP contribution in [-0.4, -0.2) is 44.1 Å². The van der Waals surface area contributed by atoms with Gasteiger partial charge in [0.2, 0.25) is 6.41 Å². The summed E-state index contributed by atoms with van der Waals surface area (Å²) in [6.07, 6.45) is 2.00. The summed E-state index contributed by atoms with van der Waals surface area (Å²) in [5.74, 6) is -0.116. The molecule has 0 saturated heterocycles. The third-order valence-corrected chi connectivity index (χ3v) is 8.62. The number of primary amides is 1. The van der Waals surface area contributed by atoms with Gasteiger partial charge in [0.05, 0.1) is 28.5 Å². The Morgan fingerprint density at radius 2 is 1.62 bits per heavy atom. The largest absolute Gasteiger partial charge is 0.494 e. The van der Waals surface area contributed by atoms with Crippen molar-refractivity contribution in [1.29, 1.82) is 0 Å². The Kier molecular flexibility index (Phi) is 23.7. The number of carbonyl (C=O) groups is 2. The maximum atomic E-state index is 14.0. The van der Waals surface area contributed by atoms with E-state index in [-0.39, 0.29) is 34.1 Å². The molecule has 1 aromatic heterocycles. The van der Waals surface area contributed by atoms with E-state index >= 15 is 0 Å². The van der Waals surface area contributed by atoms with Crippen LogP contribution in [0.5, 0.6) is 5.75 Å². The van der Waals surface area contributed by atoms with Crippen LogP contribution < -0.4 is 15.8 Å². The first-order chi connectivity index (χ1) is 25.3. The van der Waals surface area contributed by atoms with Crippen LogP contribution in [-0.2, 0) is 4.79 Å². The number of amides is 1. The van der Waals surface area contributed by atoms with Crippen LogP contribution in [0.25, 0.3) is 11.3 Å². The number of nitrogens with one attached hydrogen (secondary N) is 1. The number of rotatable bonds is 10. The zero-order chi connectivity index (χ0) is 40.8. The summed E-state index contributed by atoms with van der Waals surface area (Å²) >= 11 is 12.5. The van der Waals surface area contributed by atoms with E-state index in [1.54, 1.807) is 31.4 Å². The molecule has 0 aliphatic carbocycles. The lowest BCUT2D eigenvalue weighted by Gasteiger charge is -2.23. The summed E-state index contributed by atoms with van der Waals surface area (Å²) in [6.45, 7) is 20.6. The van der Waals surface area contributed by atoms with E-state index in [1.165, 1.54) is 18.2 Å². The smallest absolute Gasteiger partial charge is 0.204 e. The van der Waals surface area contributed by atoms with E-state index in [2.05, 4.69) is 36.0 Å². The predicted molar refractivity (Wildman–Crippen MR) is 220 cm³/mol. The van der Waals surface area contributed by atoms with Crippen molar-refractivity contribution in [1.82, 2.24) is 10.3 Å². The molecular weight excluding hydrogens is 717 g/mol. The van der Waals surface area contributed by atoms with Crippen molar-refractivity contribution in [2.24, 2.45) is 10.7 Å². The van der Waals surface area contributed by atoms with Crippen molar-refractivity contribution >= 4 is 47.3 Å². The minimum atomic E-state index is -0.570. The Balaban J connectivity index is 0.00000103. The SMILES string of the molecule is CC.CC.CCC(C)c1cc(C(CNC)c2cccc(F)c2)nc(-c2ccc(F)c(Cl)c2Cl)c1C.COc1cc(C=O)cc(C)c1N=C(C)C.NC=O. The van der Waals surface area contributed by atoms with E-state index in [1.807, 2.05) is 68.5 Å². The van der Waals surface area contributed by atoms with Crippen molar-refractivity contribution in [3.63, 3.8) is 0 Å². The molecule has 4 aromatic rings. The highest BCUT2D eigenvalue weighted by atomic mass is 35.5. The second-order valence-corrected chi connectivity index (χ2v) is 12.3. The van der Waals surface area contributed by atoms with Gasteiger partial charge in [-0.15, -0.1) is 0 Å². The summed E-state index contributed by atoms with van der Waals surface area (Å²) < 4.78 is 33.1. The van der Waals surface area contributed by atoms with Crippen LogP contribution in [0.4, 0.5) is 14.5 Å². The summed E-state index contributed by atoms with van der Waals surface area (Å²) in [5.41, 5.74) is 12.5. The Morgan fingerprint density at radius 1 is 1.00 bits per heavy atom. The lowest BCUT2D eigenvalue weighted by atomic mass is 9.87. The maximum Gasteiger partial charge on any atom is 0.204 e. The molecule has 0 bridgehead atoms. The van der Waals surface area contributed by atoms with Gasteiger partial charge in [-0.05, 0) is 112 Å². The molecule has 1 heterocycles. The topological polar surface area (TPSA) is 107 Å². The molecule has 1 amide bonds. The minimum Gasteiger partial charge on any atom is -0.494 e. The number of aromatic nitrogens is 1. The number of aliphatic imine (C=N–C) groups is 1. The number of hydrogen-bond acceptors (Lipinski definition) is 6. The highest BCUT2D eigenvalue weighted by Gasteiger charge is 2.23. The third-order valence-electron chi connectivity index (χ3n) is 7.76. The molecule has 3 N–H and O–H groups in total. The monoisotopic (exact) mass is 772 g/mol. The number of pyridine rings is 1. The molecule has 0 aliphatic rings. The highest BCUT2D eigenvalue weighted by molar-refractivity contribution is 6.43. The fourth-order valence-corrected chi connectivity index (χ4v) is 5.62. The number of nitrogens with zero attached hydrogens (tertiary/aromatic N) is 2. The van der Waals surface area contributed by atoms with Crippen LogP contribution >= 0.6 is 23.2 Å². The van der Waals surface area contributed by atoms with Gasteiger partial charge in [-0.1, -0.05) is 76.9 Å². The number of nitrogens with two attached hydrogens (primary N) is 1. The molecule has 0 fully saturated rings. The summed E-state index contributed by atoms with van der Waals surface area (Å²) in [5, 5.41) is 3.21. The highest BCUT2D eigenvalue weighted by Crippen LogP contribution is 2.40. The van der Waals surface area contributed by atoms with Gasteiger partial charge in [-0.25, -0.2) is 8.78 Å². The molecule has 3 aromatic carbocycles. The van der Waals surface area contributed by atoms with Crippen LogP contribution in [0.15, 0.2) is 59.6 Å².